The van der Waals surface area contributed by atoms with E-state index in [4.69, 9.17) is 0 Å². The van der Waals surface area contributed by atoms with Gasteiger partial charge in [0.05, 0.1) is 0 Å². The molecule has 0 saturated carbocycles. The van der Waals surface area contributed by atoms with Crippen LogP contribution in [0.15, 0.2) is 67.0 Å². The van der Waals surface area contributed by atoms with E-state index < -0.39 is 0 Å². The lowest BCUT2D eigenvalue weighted by molar-refractivity contribution is 0.249. The van der Waals surface area contributed by atoms with E-state index in [2.05, 4.69) is 54.7 Å². The topological polar surface area (TPSA) is 73.4 Å². The van der Waals surface area contributed by atoms with E-state index in [1.807, 2.05) is 6.07 Å². The zero-order chi connectivity index (χ0) is 21.5. The second-order valence-electron chi connectivity index (χ2n) is 7.44. The van der Waals surface area contributed by atoms with Crippen molar-refractivity contribution < 1.29 is 9.18 Å². The number of hydrogen-bond donors (Lipinski definition) is 2. The van der Waals surface area contributed by atoms with Gasteiger partial charge in [-0.15, -0.1) is 0 Å². The minimum Gasteiger partial charge on any atom is -0.354 e. The number of carbonyl (C=O) groups excluding carboxylic acids is 1. The molecule has 1 aliphatic heterocycles. The molecule has 7 nitrogen and oxygen atoms in total. The number of anilines is 2. The average molecular weight is 420 g/mol. The van der Waals surface area contributed by atoms with E-state index in [1.54, 1.807) is 18.2 Å². The van der Waals surface area contributed by atoms with Crippen molar-refractivity contribution >= 4 is 17.7 Å². The highest BCUT2D eigenvalue weighted by molar-refractivity contribution is 5.88. The second kappa shape index (κ2) is 9.99. The average Bonchev–Trinajstić information content (AvgIpc) is 2.80. The first-order chi connectivity index (χ1) is 15.2. The molecule has 2 aromatic carbocycles. The van der Waals surface area contributed by atoms with Crippen LogP contribution >= 0.6 is 0 Å². The van der Waals surface area contributed by atoms with Crippen molar-refractivity contribution in [2.24, 2.45) is 0 Å². The summed E-state index contributed by atoms with van der Waals surface area (Å²) in [4.78, 5) is 25.3. The lowest BCUT2D eigenvalue weighted by atomic mass is 10.2. The van der Waals surface area contributed by atoms with Gasteiger partial charge in [0, 0.05) is 45.3 Å². The van der Waals surface area contributed by atoms with Gasteiger partial charge in [-0.05, 0) is 23.3 Å². The zero-order valence-electron chi connectivity index (χ0n) is 17.2. The van der Waals surface area contributed by atoms with Crippen LogP contribution < -0.4 is 15.5 Å². The summed E-state index contributed by atoms with van der Waals surface area (Å²) in [6.07, 6.45) is 1.46. The Labute approximate surface area is 180 Å². The molecule has 1 fully saturated rings. The highest BCUT2D eigenvalue weighted by Gasteiger charge is 2.18. The maximum absolute atomic E-state index is 13.0. The molecule has 1 saturated heterocycles. The van der Waals surface area contributed by atoms with Gasteiger partial charge in [0.1, 0.15) is 23.8 Å². The molecule has 0 unspecified atom stereocenters. The van der Waals surface area contributed by atoms with Gasteiger partial charge in [0.15, 0.2) is 0 Å². The molecule has 3 aromatic rings. The summed E-state index contributed by atoms with van der Waals surface area (Å²) >= 11 is 0. The molecule has 0 spiro atoms. The number of urea groups is 1. The third kappa shape index (κ3) is 5.99. The first kappa shape index (κ1) is 20.7. The molecule has 1 aromatic heterocycles. The number of amides is 2. The highest BCUT2D eigenvalue weighted by Crippen LogP contribution is 2.17. The van der Waals surface area contributed by atoms with Crippen molar-refractivity contribution in [3.8, 4) is 0 Å². The van der Waals surface area contributed by atoms with Gasteiger partial charge in [0.25, 0.3) is 0 Å². The third-order valence-corrected chi connectivity index (χ3v) is 5.21. The highest BCUT2D eigenvalue weighted by atomic mass is 19.1. The monoisotopic (exact) mass is 420 g/mol. The van der Waals surface area contributed by atoms with Crippen LogP contribution in [0.25, 0.3) is 0 Å². The van der Waals surface area contributed by atoms with Crippen LogP contribution in [0.1, 0.15) is 11.1 Å². The van der Waals surface area contributed by atoms with E-state index in [9.17, 15) is 9.18 Å². The fraction of sp³-hybridized carbons (Fsp3) is 0.261. The molecule has 0 bridgehead atoms. The predicted molar refractivity (Wildman–Crippen MR) is 118 cm³/mol. The van der Waals surface area contributed by atoms with Crippen LogP contribution in [0.3, 0.4) is 0 Å². The van der Waals surface area contributed by atoms with Crippen molar-refractivity contribution in [1.82, 2.24) is 20.2 Å². The van der Waals surface area contributed by atoms with E-state index in [-0.39, 0.29) is 11.8 Å². The van der Waals surface area contributed by atoms with Crippen LogP contribution in [0, 0.1) is 5.82 Å². The number of halogens is 1. The summed E-state index contributed by atoms with van der Waals surface area (Å²) in [6.45, 7) is 4.85. The Morgan fingerprint density at radius 3 is 2.42 bits per heavy atom. The third-order valence-electron chi connectivity index (χ3n) is 5.21. The first-order valence-corrected chi connectivity index (χ1v) is 10.3. The number of nitrogens with one attached hydrogen (secondary N) is 2. The van der Waals surface area contributed by atoms with Gasteiger partial charge in [-0.2, -0.15) is 0 Å². The fourth-order valence-corrected chi connectivity index (χ4v) is 3.51. The Morgan fingerprint density at radius 2 is 1.68 bits per heavy atom. The number of benzene rings is 2. The Hall–Kier alpha value is -3.52. The van der Waals surface area contributed by atoms with Crippen molar-refractivity contribution in [2.75, 3.05) is 36.4 Å². The summed E-state index contributed by atoms with van der Waals surface area (Å²) < 4.78 is 13.0. The molecular weight excluding hydrogens is 395 g/mol. The van der Waals surface area contributed by atoms with Gasteiger partial charge in [-0.25, -0.2) is 19.2 Å². The molecule has 8 heteroatoms. The Balaban J connectivity index is 1.27. The largest absolute Gasteiger partial charge is 0.354 e. The molecule has 31 heavy (non-hydrogen) atoms. The van der Waals surface area contributed by atoms with Crippen LogP contribution in [0.2, 0.25) is 0 Å². The lowest BCUT2D eigenvalue weighted by Gasteiger charge is -2.35. The van der Waals surface area contributed by atoms with Crippen molar-refractivity contribution in [2.45, 2.75) is 13.1 Å². The summed E-state index contributed by atoms with van der Waals surface area (Å²) in [5.41, 5.74) is 2.13. The number of piperazine rings is 1. The normalized spacial score (nSPS) is 14.3. The maximum atomic E-state index is 13.0. The second-order valence-corrected chi connectivity index (χ2v) is 7.44. The molecule has 4 rings (SSSR count). The first-order valence-electron chi connectivity index (χ1n) is 10.3. The maximum Gasteiger partial charge on any atom is 0.320 e. The van der Waals surface area contributed by atoms with Gasteiger partial charge >= 0.3 is 6.03 Å². The van der Waals surface area contributed by atoms with E-state index in [1.165, 1.54) is 24.0 Å². The van der Waals surface area contributed by atoms with E-state index >= 15 is 0 Å². The zero-order valence-corrected chi connectivity index (χ0v) is 17.2. The predicted octanol–water partition coefficient (Wildman–Crippen LogP) is 3.26. The smallest absolute Gasteiger partial charge is 0.320 e. The van der Waals surface area contributed by atoms with E-state index in [0.717, 1.165) is 44.1 Å². The van der Waals surface area contributed by atoms with Gasteiger partial charge in [-0.3, -0.25) is 10.2 Å². The number of aromatic nitrogens is 2. The van der Waals surface area contributed by atoms with Crippen LogP contribution in [0.4, 0.5) is 20.8 Å². The molecule has 0 aliphatic carbocycles. The van der Waals surface area contributed by atoms with Crippen LogP contribution in [0.5, 0.6) is 0 Å². The number of rotatable bonds is 6. The molecule has 160 valence electrons. The van der Waals surface area contributed by atoms with Crippen molar-refractivity contribution in [1.29, 1.82) is 0 Å². The Kier molecular flexibility index (Phi) is 6.68. The van der Waals surface area contributed by atoms with Crippen LogP contribution in [-0.4, -0.2) is 47.1 Å². The van der Waals surface area contributed by atoms with Crippen LogP contribution in [-0.2, 0) is 13.1 Å². The fourth-order valence-electron chi connectivity index (χ4n) is 3.51. The van der Waals surface area contributed by atoms with Crippen molar-refractivity contribution in [3.05, 3.63) is 83.9 Å². The Bertz CT molecular complexity index is 990. The summed E-state index contributed by atoms with van der Waals surface area (Å²) in [7, 11) is 0. The molecule has 0 atom stereocenters. The molecule has 2 amide bonds. The molecule has 1 aliphatic rings. The molecule has 0 radical (unpaired) electrons. The summed E-state index contributed by atoms with van der Waals surface area (Å²) in [5.74, 6) is 0.930. The minimum absolute atomic E-state index is 0.299. The van der Waals surface area contributed by atoms with Gasteiger partial charge in [0.2, 0.25) is 0 Å². The molecular formula is C23H25FN6O. The van der Waals surface area contributed by atoms with Gasteiger partial charge in [-0.1, -0.05) is 42.5 Å². The lowest BCUT2D eigenvalue weighted by Crippen LogP contribution is -2.46. The minimum atomic E-state index is -0.373. The van der Waals surface area contributed by atoms with Gasteiger partial charge < -0.3 is 10.2 Å². The van der Waals surface area contributed by atoms with Crippen molar-refractivity contribution in [3.63, 3.8) is 0 Å². The molecule has 2 N–H and O–H groups in total. The van der Waals surface area contributed by atoms with E-state index in [0.29, 0.717) is 12.4 Å². The number of nitrogens with zero attached hydrogens (tertiary/aromatic N) is 4. The SMILES string of the molecule is O=C(NCc1ccc(F)cc1)Nc1cc(N2CCN(Cc3ccccc3)CC2)ncn1. The Morgan fingerprint density at radius 1 is 0.935 bits per heavy atom. The number of hydrogen-bond acceptors (Lipinski definition) is 5. The quantitative estimate of drug-likeness (QED) is 0.640. The summed E-state index contributed by atoms with van der Waals surface area (Å²) in [6, 6.07) is 17.9. The molecule has 2 heterocycles. The number of carbonyl (C=O) groups is 1. The summed E-state index contributed by atoms with van der Waals surface area (Å²) in [5, 5.41) is 5.47. The standard InChI is InChI=1S/C23H25FN6O/c24-20-8-6-18(7-9-20)15-25-23(31)28-21-14-22(27-17-26-21)30-12-10-29(11-13-30)16-19-4-2-1-3-5-19/h1-9,14,17H,10-13,15-16H2,(H2,25,26,27,28,31).